The Morgan fingerprint density at radius 1 is 1.09 bits per heavy atom. The van der Waals surface area contributed by atoms with E-state index in [0.29, 0.717) is 31.9 Å². The molecule has 1 saturated heterocycles. The van der Waals surface area contributed by atoms with Gasteiger partial charge in [0.05, 0.1) is 12.3 Å². The first-order valence-corrected chi connectivity index (χ1v) is 11.3. The molecule has 1 aliphatic rings. The van der Waals surface area contributed by atoms with Crippen LogP contribution in [0, 0.1) is 5.82 Å². The summed E-state index contributed by atoms with van der Waals surface area (Å²) < 4.78 is 19.4. The number of amides is 2. The lowest BCUT2D eigenvalue weighted by Gasteiger charge is -2.37. The number of esters is 1. The quantitative estimate of drug-likeness (QED) is 0.557. The zero-order chi connectivity index (χ0) is 23.4. The predicted molar refractivity (Wildman–Crippen MR) is 126 cm³/mol. The molecule has 1 fully saturated rings. The van der Waals surface area contributed by atoms with Gasteiger partial charge in [-0.25, -0.2) is 14.0 Å². The number of rotatable bonds is 6. The van der Waals surface area contributed by atoms with Gasteiger partial charge < -0.3 is 24.8 Å². The molecule has 0 aliphatic carbocycles. The Labute approximate surface area is 192 Å². The molecule has 1 aromatic heterocycles. The maximum absolute atomic E-state index is 14.1. The van der Waals surface area contributed by atoms with Crippen LogP contribution in [-0.4, -0.2) is 60.7 Å². The zero-order valence-electron chi connectivity index (χ0n) is 18.9. The van der Waals surface area contributed by atoms with Gasteiger partial charge in [-0.3, -0.25) is 0 Å². The molecule has 2 N–H and O–H groups in total. The lowest BCUT2D eigenvalue weighted by molar-refractivity contribution is -0.145. The van der Waals surface area contributed by atoms with E-state index in [0.717, 1.165) is 16.5 Å². The number of carbonyl (C=O) groups is 2. The number of hydrogen-bond donors (Lipinski definition) is 2. The van der Waals surface area contributed by atoms with Crippen molar-refractivity contribution in [3.05, 3.63) is 66.1 Å². The van der Waals surface area contributed by atoms with Gasteiger partial charge in [-0.1, -0.05) is 37.3 Å². The van der Waals surface area contributed by atoms with Gasteiger partial charge in [-0.05, 0) is 30.7 Å². The van der Waals surface area contributed by atoms with Crippen LogP contribution in [0.15, 0.2) is 54.7 Å². The molecule has 7 nitrogen and oxygen atoms in total. The molecule has 8 heteroatoms. The molecule has 0 saturated carbocycles. The zero-order valence-corrected chi connectivity index (χ0v) is 18.9. The number of para-hydroxylation sites is 2. The Bertz CT molecular complexity index is 1120. The summed E-state index contributed by atoms with van der Waals surface area (Å²) in [5.41, 5.74) is 2.45. The van der Waals surface area contributed by atoms with Crippen molar-refractivity contribution < 1.29 is 18.7 Å². The largest absolute Gasteiger partial charge is 0.464 e. The van der Waals surface area contributed by atoms with Crippen molar-refractivity contribution in [3.8, 4) is 0 Å². The van der Waals surface area contributed by atoms with Gasteiger partial charge in [0.25, 0.3) is 0 Å². The van der Waals surface area contributed by atoms with Crippen molar-refractivity contribution in [3.63, 3.8) is 0 Å². The normalized spacial score (nSPS) is 15.8. The number of fused-ring (bicyclic) bond motifs is 1. The first-order valence-electron chi connectivity index (χ1n) is 11.3. The molecule has 1 aliphatic heterocycles. The van der Waals surface area contributed by atoms with Crippen LogP contribution in [0.3, 0.4) is 0 Å². The van der Waals surface area contributed by atoms with Crippen molar-refractivity contribution in [2.24, 2.45) is 0 Å². The van der Waals surface area contributed by atoms with Crippen LogP contribution in [0.2, 0.25) is 0 Å². The number of benzene rings is 2. The van der Waals surface area contributed by atoms with Gasteiger partial charge in [0.2, 0.25) is 0 Å². The van der Waals surface area contributed by atoms with Crippen LogP contribution in [0.25, 0.3) is 10.9 Å². The van der Waals surface area contributed by atoms with E-state index in [4.69, 9.17) is 4.74 Å². The van der Waals surface area contributed by atoms with E-state index in [2.05, 4.69) is 10.3 Å². The fourth-order valence-electron chi connectivity index (χ4n) is 4.35. The fraction of sp³-hybridized carbons (Fsp3) is 0.360. The Morgan fingerprint density at radius 2 is 1.79 bits per heavy atom. The lowest BCUT2D eigenvalue weighted by Crippen LogP contribution is -2.56. The summed E-state index contributed by atoms with van der Waals surface area (Å²) >= 11 is 0. The van der Waals surface area contributed by atoms with E-state index in [1.807, 2.05) is 42.3 Å². The van der Waals surface area contributed by atoms with E-state index in [9.17, 15) is 14.0 Å². The number of halogens is 1. The molecule has 0 spiro atoms. The highest BCUT2D eigenvalue weighted by molar-refractivity contribution is 5.88. The van der Waals surface area contributed by atoms with Gasteiger partial charge in [0.1, 0.15) is 11.9 Å². The summed E-state index contributed by atoms with van der Waals surface area (Å²) in [7, 11) is 0. The standard InChI is InChI=1S/C25H29FN4O3/c1-3-33-24(31)23(17(2)19-16-27-21-10-6-4-8-18(19)21)28-25(32)30-14-12-29(13-15-30)22-11-7-5-9-20(22)26/h4-11,16-17,23,27H,3,12-15H2,1-2H3,(H,28,32)/t17-,23+/m0/s1. The smallest absolute Gasteiger partial charge is 0.329 e. The molecular weight excluding hydrogens is 423 g/mol. The van der Waals surface area contributed by atoms with Gasteiger partial charge in [-0.15, -0.1) is 0 Å². The summed E-state index contributed by atoms with van der Waals surface area (Å²) in [6.07, 6.45) is 1.88. The highest BCUT2D eigenvalue weighted by atomic mass is 19.1. The maximum Gasteiger partial charge on any atom is 0.329 e. The molecule has 174 valence electrons. The number of ether oxygens (including phenoxy) is 1. The second-order valence-electron chi connectivity index (χ2n) is 8.18. The number of anilines is 1. The average Bonchev–Trinajstić information content (AvgIpc) is 3.27. The van der Waals surface area contributed by atoms with Crippen molar-refractivity contribution >= 4 is 28.6 Å². The summed E-state index contributed by atoms with van der Waals surface area (Å²) in [6, 6.07) is 13.3. The highest BCUT2D eigenvalue weighted by Gasteiger charge is 2.33. The Kier molecular flexibility index (Phi) is 6.82. The third-order valence-electron chi connectivity index (χ3n) is 6.19. The van der Waals surface area contributed by atoms with E-state index < -0.39 is 12.0 Å². The number of H-pyrrole nitrogens is 1. The van der Waals surface area contributed by atoms with Gasteiger partial charge in [0.15, 0.2) is 0 Å². The second-order valence-corrected chi connectivity index (χ2v) is 8.18. The van der Waals surface area contributed by atoms with E-state index in [-0.39, 0.29) is 24.4 Å². The molecule has 0 radical (unpaired) electrons. The van der Waals surface area contributed by atoms with E-state index in [1.165, 1.54) is 6.07 Å². The predicted octanol–water partition coefficient (Wildman–Crippen LogP) is 3.87. The molecule has 2 aromatic carbocycles. The van der Waals surface area contributed by atoms with E-state index in [1.54, 1.807) is 30.0 Å². The minimum atomic E-state index is -0.832. The van der Waals surface area contributed by atoms with E-state index >= 15 is 0 Å². The van der Waals surface area contributed by atoms with Crippen molar-refractivity contribution in [1.82, 2.24) is 15.2 Å². The molecule has 2 atom stereocenters. The topological polar surface area (TPSA) is 77.7 Å². The lowest BCUT2D eigenvalue weighted by atomic mass is 9.93. The van der Waals surface area contributed by atoms with Crippen molar-refractivity contribution in [2.75, 3.05) is 37.7 Å². The summed E-state index contributed by atoms with van der Waals surface area (Å²) in [5.74, 6) is -1.04. The maximum atomic E-state index is 14.1. The van der Waals surface area contributed by atoms with Gasteiger partial charge in [-0.2, -0.15) is 0 Å². The van der Waals surface area contributed by atoms with Crippen LogP contribution in [0.5, 0.6) is 0 Å². The molecule has 0 unspecified atom stereocenters. The Hall–Kier alpha value is -3.55. The van der Waals surface area contributed by atoms with Crippen LogP contribution < -0.4 is 10.2 Å². The van der Waals surface area contributed by atoms with Crippen LogP contribution >= 0.6 is 0 Å². The number of piperazine rings is 1. The number of carbonyl (C=O) groups excluding carboxylic acids is 2. The molecule has 2 amide bonds. The van der Waals surface area contributed by atoms with Crippen LogP contribution in [0.4, 0.5) is 14.9 Å². The number of nitrogens with one attached hydrogen (secondary N) is 2. The van der Waals surface area contributed by atoms with Crippen LogP contribution in [0.1, 0.15) is 25.3 Å². The van der Waals surface area contributed by atoms with Crippen LogP contribution in [-0.2, 0) is 9.53 Å². The minimum Gasteiger partial charge on any atom is -0.464 e. The number of urea groups is 1. The molecule has 2 heterocycles. The average molecular weight is 453 g/mol. The molecule has 4 rings (SSSR count). The number of nitrogens with zero attached hydrogens (tertiary/aromatic N) is 2. The molecule has 3 aromatic rings. The SMILES string of the molecule is CCOC(=O)[C@H](NC(=O)N1CCN(c2ccccc2F)CC1)[C@@H](C)c1c[nH]c2ccccc12. The second kappa shape index (κ2) is 9.94. The molecular formula is C25H29FN4O3. The third-order valence-corrected chi connectivity index (χ3v) is 6.19. The monoisotopic (exact) mass is 452 g/mol. The fourth-order valence-corrected chi connectivity index (χ4v) is 4.35. The Balaban J connectivity index is 1.46. The van der Waals surface area contributed by atoms with Crippen molar-refractivity contribution in [1.29, 1.82) is 0 Å². The highest BCUT2D eigenvalue weighted by Crippen LogP contribution is 2.28. The third kappa shape index (κ3) is 4.79. The first-order chi connectivity index (χ1) is 16.0. The number of aromatic amines is 1. The number of aromatic nitrogens is 1. The Morgan fingerprint density at radius 3 is 2.52 bits per heavy atom. The minimum absolute atomic E-state index is 0.229. The summed E-state index contributed by atoms with van der Waals surface area (Å²) in [5, 5.41) is 3.90. The number of hydrogen-bond acceptors (Lipinski definition) is 4. The summed E-state index contributed by atoms with van der Waals surface area (Å²) in [6.45, 7) is 5.76. The van der Waals surface area contributed by atoms with Crippen molar-refractivity contribution in [2.45, 2.75) is 25.8 Å². The molecule has 0 bridgehead atoms. The molecule has 33 heavy (non-hydrogen) atoms. The summed E-state index contributed by atoms with van der Waals surface area (Å²) in [4.78, 5) is 32.7. The first kappa shape index (κ1) is 22.6. The van der Waals surface area contributed by atoms with Gasteiger partial charge >= 0.3 is 12.0 Å². The van der Waals surface area contributed by atoms with Gasteiger partial charge in [0, 0.05) is 49.2 Å².